The van der Waals surface area contributed by atoms with Gasteiger partial charge in [0.2, 0.25) is 0 Å². The van der Waals surface area contributed by atoms with E-state index in [9.17, 15) is 13.5 Å². The number of fused-ring (bicyclic) bond motifs is 1. The highest BCUT2D eigenvalue weighted by molar-refractivity contribution is 7.91. The van der Waals surface area contributed by atoms with Gasteiger partial charge >= 0.3 is 0 Å². The van der Waals surface area contributed by atoms with Gasteiger partial charge in [-0.2, -0.15) is 0 Å². The lowest BCUT2D eigenvalue weighted by Crippen LogP contribution is -2.22. The number of hydrogen-bond acceptors (Lipinski definition) is 3. The number of sulfone groups is 1. The third-order valence-corrected chi connectivity index (χ3v) is 6.32. The minimum Gasteiger partial charge on any atom is -0.396 e. The standard InChI is InChI=1S/C17H20O3S/c18-11-16(15-8-9-21(19,20)12-15)10-14-6-3-5-13-4-1-2-7-17(13)14/h1-7,15-16,18H,8-12H2. The molecule has 3 nitrogen and oxygen atoms in total. The molecule has 4 heteroatoms. The predicted molar refractivity (Wildman–Crippen MR) is 85.0 cm³/mol. The van der Waals surface area contributed by atoms with E-state index in [1.807, 2.05) is 18.2 Å². The van der Waals surface area contributed by atoms with Crippen molar-refractivity contribution in [2.24, 2.45) is 11.8 Å². The molecular weight excluding hydrogens is 284 g/mol. The second-order valence-corrected chi connectivity index (χ2v) is 8.18. The topological polar surface area (TPSA) is 54.4 Å². The molecule has 2 unspecified atom stereocenters. The summed E-state index contributed by atoms with van der Waals surface area (Å²) < 4.78 is 23.3. The molecular formula is C17H20O3S. The molecule has 1 N–H and O–H groups in total. The molecule has 3 rings (SSSR count). The van der Waals surface area contributed by atoms with Crippen molar-refractivity contribution in [3.8, 4) is 0 Å². The van der Waals surface area contributed by atoms with Crippen LogP contribution in [0.4, 0.5) is 0 Å². The SMILES string of the molecule is O=S1(=O)CCC(C(CO)Cc2cccc3ccccc23)C1. The van der Waals surface area contributed by atoms with Crippen molar-refractivity contribution in [2.45, 2.75) is 12.8 Å². The molecule has 0 radical (unpaired) electrons. The normalized spacial score (nSPS) is 22.4. The number of aliphatic hydroxyl groups is 1. The van der Waals surface area contributed by atoms with Crippen LogP contribution in [-0.4, -0.2) is 31.6 Å². The third-order valence-electron chi connectivity index (χ3n) is 4.53. The smallest absolute Gasteiger partial charge is 0.150 e. The van der Waals surface area contributed by atoms with Crippen LogP contribution in [0.1, 0.15) is 12.0 Å². The Morgan fingerprint density at radius 2 is 1.90 bits per heavy atom. The van der Waals surface area contributed by atoms with Gasteiger partial charge in [0.25, 0.3) is 0 Å². The van der Waals surface area contributed by atoms with Gasteiger partial charge in [-0.05, 0) is 41.0 Å². The number of aliphatic hydroxyl groups excluding tert-OH is 1. The summed E-state index contributed by atoms with van der Waals surface area (Å²) in [5, 5.41) is 12.1. The van der Waals surface area contributed by atoms with Crippen molar-refractivity contribution in [3.63, 3.8) is 0 Å². The lowest BCUT2D eigenvalue weighted by Gasteiger charge is -2.21. The summed E-state index contributed by atoms with van der Waals surface area (Å²) in [5.74, 6) is 0.597. The van der Waals surface area contributed by atoms with Gasteiger partial charge in [0.1, 0.15) is 0 Å². The Morgan fingerprint density at radius 1 is 1.14 bits per heavy atom. The van der Waals surface area contributed by atoms with E-state index >= 15 is 0 Å². The molecule has 2 aromatic carbocycles. The van der Waals surface area contributed by atoms with Gasteiger partial charge in [-0.1, -0.05) is 42.5 Å². The lowest BCUT2D eigenvalue weighted by atomic mass is 9.85. The zero-order chi connectivity index (χ0) is 14.9. The molecule has 1 saturated heterocycles. The Kier molecular flexibility index (Phi) is 4.00. The van der Waals surface area contributed by atoms with Crippen LogP contribution < -0.4 is 0 Å². The number of benzene rings is 2. The molecule has 0 spiro atoms. The van der Waals surface area contributed by atoms with Gasteiger partial charge < -0.3 is 5.11 Å². The summed E-state index contributed by atoms with van der Waals surface area (Å²) in [6.45, 7) is 0.0450. The maximum Gasteiger partial charge on any atom is 0.150 e. The van der Waals surface area contributed by atoms with Gasteiger partial charge in [0, 0.05) is 6.61 Å². The zero-order valence-corrected chi connectivity index (χ0v) is 12.7. The molecule has 2 atom stereocenters. The van der Waals surface area contributed by atoms with Crippen LogP contribution in [-0.2, 0) is 16.3 Å². The molecule has 112 valence electrons. The molecule has 0 bridgehead atoms. The highest BCUT2D eigenvalue weighted by Crippen LogP contribution is 2.30. The molecule has 1 heterocycles. The van der Waals surface area contributed by atoms with Gasteiger partial charge in [-0.3, -0.25) is 0 Å². The highest BCUT2D eigenvalue weighted by Gasteiger charge is 2.33. The molecule has 0 amide bonds. The van der Waals surface area contributed by atoms with Crippen molar-refractivity contribution in [2.75, 3.05) is 18.1 Å². The minimum absolute atomic E-state index is 0.0214. The Bertz CT molecular complexity index is 731. The van der Waals surface area contributed by atoms with E-state index in [4.69, 9.17) is 0 Å². The third kappa shape index (κ3) is 3.11. The summed E-state index contributed by atoms with van der Waals surface area (Å²) in [5.41, 5.74) is 1.19. The number of hydrogen-bond donors (Lipinski definition) is 1. The molecule has 1 aliphatic rings. The molecule has 1 fully saturated rings. The zero-order valence-electron chi connectivity index (χ0n) is 11.9. The summed E-state index contributed by atoms with van der Waals surface area (Å²) in [7, 11) is -2.90. The van der Waals surface area contributed by atoms with E-state index in [2.05, 4.69) is 24.3 Å². The van der Waals surface area contributed by atoms with E-state index < -0.39 is 9.84 Å². The summed E-state index contributed by atoms with van der Waals surface area (Å²) in [6.07, 6.45) is 1.41. The monoisotopic (exact) mass is 304 g/mol. The summed E-state index contributed by atoms with van der Waals surface area (Å²) in [4.78, 5) is 0. The highest BCUT2D eigenvalue weighted by atomic mass is 32.2. The number of rotatable bonds is 4. The van der Waals surface area contributed by atoms with Gasteiger partial charge in [0.15, 0.2) is 9.84 Å². The van der Waals surface area contributed by atoms with Crippen molar-refractivity contribution >= 4 is 20.6 Å². The average Bonchev–Trinajstić information content (AvgIpc) is 2.85. The van der Waals surface area contributed by atoms with Crippen molar-refractivity contribution in [1.82, 2.24) is 0 Å². The van der Waals surface area contributed by atoms with E-state index in [1.165, 1.54) is 16.3 Å². The Hall–Kier alpha value is -1.39. The molecule has 0 saturated carbocycles. The van der Waals surface area contributed by atoms with Crippen molar-refractivity contribution < 1.29 is 13.5 Å². The fourth-order valence-corrected chi connectivity index (χ4v) is 5.25. The first-order valence-electron chi connectivity index (χ1n) is 7.37. The van der Waals surface area contributed by atoms with E-state index in [1.54, 1.807) is 0 Å². The maximum atomic E-state index is 11.6. The fourth-order valence-electron chi connectivity index (χ4n) is 3.33. The van der Waals surface area contributed by atoms with E-state index in [0.29, 0.717) is 6.42 Å². The summed E-state index contributed by atoms with van der Waals surface area (Å²) in [6, 6.07) is 14.4. The van der Waals surface area contributed by atoms with Crippen LogP contribution >= 0.6 is 0 Å². The molecule has 2 aromatic rings. The van der Waals surface area contributed by atoms with Crippen LogP contribution in [0.3, 0.4) is 0 Å². The van der Waals surface area contributed by atoms with E-state index in [0.717, 1.165) is 6.42 Å². The second-order valence-electron chi connectivity index (χ2n) is 5.95. The van der Waals surface area contributed by atoms with Crippen LogP contribution in [0.25, 0.3) is 10.8 Å². The molecule has 21 heavy (non-hydrogen) atoms. The quantitative estimate of drug-likeness (QED) is 0.944. The van der Waals surface area contributed by atoms with Crippen LogP contribution in [0.15, 0.2) is 42.5 Å². The van der Waals surface area contributed by atoms with Gasteiger partial charge in [-0.15, -0.1) is 0 Å². The minimum atomic E-state index is -2.90. The predicted octanol–water partition coefficient (Wildman–Crippen LogP) is 2.43. The fraction of sp³-hybridized carbons (Fsp3) is 0.412. The van der Waals surface area contributed by atoms with Gasteiger partial charge in [0.05, 0.1) is 11.5 Å². The van der Waals surface area contributed by atoms with Crippen LogP contribution in [0, 0.1) is 11.8 Å². The average molecular weight is 304 g/mol. The first-order valence-corrected chi connectivity index (χ1v) is 9.19. The van der Waals surface area contributed by atoms with Gasteiger partial charge in [-0.25, -0.2) is 8.42 Å². The molecule has 0 aromatic heterocycles. The van der Waals surface area contributed by atoms with Crippen LogP contribution in [0.5, 0.6) is 0 Å². The first kappa shape index (κ1) is 14.5. The Morgan fingerprint density at radius 3 is 2.62 bits per heavy atom. The van der Waals surface area contributed by atoms with Crippen molar-refractivity contribution in [3.05, 3.63) is 48.0 Å². The Balaban J connectivity index is 1.86. The molecule has 0 aliphatic carbocycles. The Labute approximate surface area is 125 Å². The maximum absolute atomic E-state index is 11.6. The first-order chi connectivity index (χ1) is 10.1. The summed E-state index contributed by atoms with van der Waals surface area (Å²) >= 11 is 0. The van der Waals surface area contributed by atoms with Crippen molar-refractivity contribution in [1.29, 1.82) is 0 Å². The lowest BCUT2D eigenvalue weighted by molar-refractivity contribution is 0.184. The largest absolute Gasteiger partial charge is 0.396 e. The second kappa shape index (κ2) is 5.78. The van der Waals surface area contributed by atoms with E-state index in [-0.39, 0.29) is 29.9 Å². The molecule has 1 aliphatic heterocycles. The van der Waals surface area contributed by atoms with Crippen LogP contribution in [0.2, 0.25) is 0 Å².